The first-order chi connectivity index (χ1) is 18.9. The van der Waals surface area contributed by atoms with Crippen LogP contribution in [0.15, 0.2) is 73.1 Å². The summed E-state index contributed by atoms with van der Waals surface area (Å²) in [6.07, 6.45) is -1.96. The number of benzene rings is 2. The lowest BCUT2D eigenvalue weighted by molar-refractivity contribution is -0.301. The largest absolute Gasteiger partial charge is 0.493 e. The number of halogens is 3. The number of carbonyl (C=O) groups is 3. The van der Waals surface area contributed by atoms with E-state index in [9.17, 15) is 32.8 Å². The van der Waals surface area contributed by atoms with E-state index in [1.807, 2.05) is 49.1 Å². The molecule has 2 heterocycles. The van der Waals surface area contributed by atoms with E-state index in [2.05, 4.69) is 14.7 Å². The molecule has 1 aliphatic rings. The lowest BCUT2D eigenvalue weighted by Crippen LogP contribution is -2.58. The Balaban J connectivity index is 1.37. The molecule has 0 aliphatic carbocycles. The topological polar surface area (TPSA) is 103 Å². The molecule has 1 N–H and O–H groups in total. The predicted molar refractivity (Wildman–Crippen MR) is 137 cm³/mol. The highest BCUT2D eigenvalue weighted by atomic mass is 19.4. The van der Waals surface area contributed by atoms with Crippen molar-refractivity contribution in [2.24, 2.45) is 0 Å². The maximum absolute atomic E-state index is 13.5. The number of nitrogens with zero attached hydrogens (tertiary/aromatic N) is 4. The number of hydrogen-bond donors (Lipinski definition) is 1. The fourth-order valence-electron chi connectivity index (χ4n) is 4.78. The minimum Gasteiger partial charge on any atom is -0.331 e. The number of aromatic nitrogens is 1. The van der Waals surface area contributed by atoms with Crippen LogP contribution in [0.3, 0.4) is 0 Å². The summed E-state index contributed by atoms with van der Waals surface area (Å²) in [4.78, 5) is 48.1. The number of rotatable bonds is 5. The average Bonchev–Trinajstić information content (AvgIpc) is 2.92. The number of alkyl halides is 3. The van der Waals surface area contributed by atoms with Crippen molar-refractivity contribution in [3.05, 3.63) is 89.7 Å². The van der Waals surface area contributed by atoms with Crippen molar-refractivity contribution < 1.29 is 37.6 Å². The molecule has 2 atom stereocenters. The van der Waals surface area contributed by atoms with Gasteiger partial charge >= 0.3 is 18.1 Å². The third-order valence-electron chi connectivity index (χ3n) is 6.53. The molecular formula is C28H27F3N4O5. The van der Waals surface area contributed by atoms with E-state index in [1.54, 1.807) is 30.6 Å². The number of hydroxylamine groups is 2. The van der Waals surface area contributed by atoms with Crippen molar-refractivity contribution in [1.29, 1.82) is 0 Å². The molecule has 1 aliphatic heterocycles. The molecule has 210 valence electrons. The minimum atomic E-state index is -5.36. The van der Waals surface area contributed by atoms with Gasteiger partial charge in [0.15, 0.2) is 0 Å². The van der Waals surface area contributed by atoms with Crippen LogP contribution in [0.5, 0.6) is 0 Å². The van der Waals surface area contributed by atoms with Gasteiger partial charge in [0.2, 0.25) is 0 Å². The molecule has 1 aromatic heterocycles. The number of carbonyl (C=O) groups excluding carboxylic acids is 3. The highest BCUT2D eigenvalue weighted by Crippen LogP contribution is 2.24. The lowest BCUT2D eigenvalue weighted by atomic mass is 10.0. The molecule has 0 spiro atoms. The molecular weight excluding hydrogens is 529 g/mol. The monoisotopic (exact) mass is 556 g/mol. The van der Waals surface area contributed by atoms with Crippen molar-refractivity contribution >= 4 is 17.8 Å². The Morgan fingerprint density at radius 1 is 0.950 bits per heavy atom. The molecule has 2 aromatic carbocycles. The van der Waals surface area contributed by atoms with E-state index in [-0.39, 0.29) is 23.6 Å². The van der Waals surface area contributed by atoms with Crippen LogP contribution < -0.4 is 0 Å². The van der Waals surface area contributed by atoms with Crippen LogP contribution in [0.2, 0.25) is 0 Å². The number of piperazine rings is 1. The molecule has 2 amide bonds. The Kier molecular flexibility index (Phi) is 8.50. The Bertz CT molecular complexity index is 1360. The second-order valence-electron chi connectivity index (χ2n) is 9.57. The second-order valence-corrected chi connectivity index (χ2v) is 9.57. The van der Waals surface area contributed by atoms with Gasteiger partial charge in [-0.2, -0.15) is 13.2 Å². The number of pyridine rings is 1. The van der Waals surface area contributed by atoms with Gasteiger partial charge in [-0.1, -0.05) is 24.3 Å². The van der Waals surface area contributed by atoms with Crippen LogP contribution in [-0.4, -0.2) is 74.4 Å². The minimum absolute atomic E-state index is 0.0572. The molecule has 12 heteroatoms. The molecule has 1 saturated heterocycles. The molecule has 0 saturated carbocycles. The third kappa shape index (κ3) is 6.64. The highest BCUT2D eigenvalue weighted by molar-refractivity contribution is 5.96. The highest BCUT2D eigenvalue weighted by Gasteiger charge is 2.43. The van der Waals surface area contributed by atoms with E-state index in [0.29, 0.717) is 25.2 Å². The van der Waals surface area contributed by atoms with Gasteiger partial charge in [0.05, 0.1) is 0 Å². The zero-order valence-electron chi connectivity index (χ0n) is 21.7. The Morgan fingerprint density at radius 3 is 2.17 bits per heavy atom. The number of amides is 2. The van der Waals surface area contributed by atoms with Crippen LogP contribution >= 0.6 is 0 Å². The Labute approximate surface area is 228 Å². The van der Waals surface area contributed by atoms with Crippen LogP contribution in [-0.2, 0) is 16.2 Å². The van der Waals surface area contributed by atoms with Crippen LogP contribution in [0.1, 0.15) is 40.1 Å². The van der Waals surface area contributed by atoms with E-state index in [1.165, 1.54) is 12.1 Å². The van der Waals surface area contributed by atoms with E-state index < -0.39 is 23.3 Å². The maximum atomic E-state index is 13.5. The fourth-order valence-corrected chi connectivity index (χ4v) is 4.78. The average molecular weight is 557 g/mol. The molecule has 0 radical (unpaired) electrons. The molecule has 0 bridgehead atoms. The summed E-state index contributed by atoms with van der Waals surface area (Å²) in [5.74, 6) is -4.10. The van der Waals surface area contributed by atoms with Gasteiger partial charge < -0.3 is 9.74 Å². The lowest BCUT2D eigenvalue weighted by Gasteiger charge is -2.44. The summed E-state index contributed by atoms with van der Waals surface area (Å²) >= 11 is 0. The summed E-state index contributed by atoms with van der Waals surface area (Å²) in [6, 6.07) is 16.9. The first-order valence-corrected chi connectivity index (χ1v) is 12.4. The van der Waals surface area contributed by atoms with Crippen molar-refractivity contribution in [2.45, 2.75) is 38.7 Å². The predicted octanol–water partition coefficient (Wildman–Crippen LogP) is 4.34. The number of hydrogen-bond acceptors (Lipinski definition) is 7. The normalized spacial score (nSPS) is 17.8. The quantitative estimate of drug-likeness (QED) is 0.369. The van der Waals surface area contributed by atoms with E-state index >= 15 is 0 Å². The van der Waals surface area contributed by atoms with Gasteiger partial charge in [0, 0.05) is 55.2 Å². The van der Waals surface area contributed by atoms with Gasteiger partial charge in [-0.3, -0.25) is 24.7 Å². The van der Waals surface area contributed by atoms with Crippen molar-refractivity contribution in [1.82, 2.24) is 20.0 Å². The fraction of sp³-hybridized carbons (Fsp3) is 0.286. The van der Waals surface area contributed by atoms with Crippen LogP contribution in [0.25, 0.3) is 11.1 Å². The molecule has 4 rings (SSSR count). The summed E-state index contributed by atoms with van der Waals surface area (Å²) < 4.78 is 36.9. The van der Waals surface area contributed by atoms with Crippen molar-refractivity contribution in [3.63, 3.8) is 0 Å². The summed E-state index contributed by atoms with van der Waals surface area (Å²) in [5, 5.41) is 8.68. The van der Waals surface area contributed by atoms with Gasteiger partial charge in [-0.05, 0) is 72.2 Å². The van der Waals surface area contributed by atoms with Crippen molar-refractivity contribution in [2.75, 3.05) is 13.1 Å². The molecule has 9 nitrogen and oxygen atoms in total. The van der Waals surface area contributed by atoms with Gasteiger partial charge in [0.25, 0.3) is 5.91 Å². The summed E-state index contributed by atoms with van der Waals surface area (Å²) in [7, 11) is 0. The van der Waals surface area contributed by atoms with E-state index in [4.69, 9.17) is 0 Å². The third-order valence-corrected chi connectivity index (χ3v) is 6.53. The standard InChI is InChI=1S/C28H27F3N4O5/c1-18-15-33(17-20-6-8-22(9-7-20)26(37)35(39)40-27(38)28(29,30)31)16-19(2)34(18)25(36)24-5-3-4-23(14-24)21-10-12-32-13-11-21/h3-14,18-19,39H,15-17H2,1-2H3/t18-,19+. The summed E-state index contributed by atoms with van der Waals surface area (Å²) in [6.45, 7) is 5.64. The van der Waals surface area contributed by atoms with Gasteiger partial charge in [-0.15, -0.1) is 0 Å². The van der Waals surface area contributed by atoms with Crippen LogP contribution in [0, 0.1) is 0 Å². The first kappa shape index (κ1) is 28.7. The Hall–Kier alpha value is -4.29. The van der Waals surface area contributed by atoms with E-state index in [0.717, 1.165) is 16.7 Å². The Morgan fingerprint density at radius 2 is 1.57 bits per heavy atom. The second kappa shape index (κ2) is 11.8. The SMILES string of the molecule is C[C@@H]1CN(Cc2ccc(C(=O)N(O)OC(=O)C(F)(F)F)cc2)C[C@H](C)N1C(=O)c1cccc(-c2ccncc2)c1. The molecule has 40 heavy (non-hydrogen) atoms. The van der Waals surface area contributed by atoms with Gasteiger partial charge in [-0.25, -0.2) is 4.79 Å². The zero-order chi connectivity index (χ0) is 29.0. The molecule has 3 aromatic rings. The zero-order valence-corrected chi connectivity index (χ0v) is 21.7. The first-order valence-electron chi connectivity index (χ1n) is 12.4. The maximum Gasteiger partial charge on any atom is 0.493 e. The van der Waals surface area contributed by atoms with Gasteiger partial charge in [0.1, 0.15) is 0 Å². The van der Waals surface area contributed by atoms with Crippen LogP contribution in [0.4, 0.5) is 13.2 Å². The smallest absolute Gasteiger partial charge is 0.331 e. The van der Waals surface area contributed by atoms with Crippen molar-refractivity contribution in [3.8, 4) is 11.1 Å². The molecule has 0 unspecified atom stereocenters. The summed E-state index contributed by atoms with van der Waals surface area (Å²) in [5.41, 5.74) is 3.12. The molecule has 1 fully saturated rings.